The summed E-state index contributed by atoms with van der Waals surface area (Å²) in [6.07, 6.45) is -0.00267. The number of aromatic hydroxyl groups is 1. The summed E-state index contributed by atoms with van der Waals surface area (Å²) < 4.78 is 28.9. The first kappa shape index (κ1) is 19.2. The van der Waals surface area contributed by atoms with Crippen LogP contribution in [0.2, 0.25) is 0 Å². The summed E-state index contributed by atoms with van der Waals surface area (Å²) in [5.41, 5.74) is 1.04. The van der Waals surface area contributed by atoms with Crippen LogP contribution in [0.1, 0.15) is 11.1 Å². The Balaban J connectivity index is 2.07. The summed E-state index contributed by atoms with van der Waals surface area (Å²) in [7, 11) is -2.60. The average molecular weight is 429 g/mol. The molecular weight excluding hydrogens is 412 g/mol. The second-order valence-corrected chi connectivity index (χ2v) is 7.70. The molecule has 0 unspecified atom stereocenters. The second-order valence-electron chi connectivity index (χ2n) is 5.26. The van der Waals surface area contributed by atoms with Gasteiger partial charge in [0.25, 0.3) is 0 Å². The Labute approximate surface area is 154 Å². The van der Waals surface area contributed by atoms with E-state index in [2.05, 4.69) is 21.2 Å². The van der Waals surface area contributed by atoms with Crippen molar-refractivity contribution in [2.45, 2.75) is 17.9 Å². The number of ether oxygens (including phenoxy) is 1. The molecule has 0 fully saturated rings. The molecule has 0 aliphatic rings. The van der Waals surface area contributed by atoms with Gasteiger partial charge >= 0.3 is 0 Å². The highest BCUT2D eigenvalue weighted by atomic mass is 79.9. The lowest BCUT2D eigenvalue weighted by atomic mass is 10.1. The van der Waals surface area contributed by atoms with E-state index < -0.39 is 10.0 Å². The fraction of sp³-hybridized carbons (Fsp3) is 0.188. The Morgan fingerprint density at radius 2 is 2.00 bits per heavy atom. The number of carbonyl (C=O) groups excluding carboxylic acids is 1. The number of rotatable bonds is 6. The fourth-order valence-electron chi connectivity index (χ4n) is 2.18. The average Bonchev–Trinajstić information content (AvgIpc) is 2.54. The van der Waals surface area contributed by atoms with Gasteiger partial charge in [-0.2, -0.15) is 0 Å². The first-order valence-electron chi connectivity index (χ1n) is 7.14. The number of methoxy groups -OCH3 is 1. The molecule has 2 rings (SSSR count). The molecule has 0 saturated heterocycles. The Kier molecular flexibility index (Phi) is 6.04. The van der Waals surface area contributed by atoms with Gasteiger partial charge in [-0.05, 0) is 29.8 Å². The van der Waals surface area contributed by atoms with Gasteiger partial charge in [-0.1, -0.05) is 28.1 Å². The summed E-state index contributed by atoms with van der Waals surface area (Å²) in [5, 5.41) is 17.6. The van der Waals surface area contributed by atoms with Gasteiger partial charge in [0.1, 0.15) is 16.4 Å². The normalized spacial score (nSPS) is 11.2. The van der Waals surface area contributed by atoms with E-state index in [4.69, 9.17) is 9.88 Å². The smallest absolute Gasteiger partial charge is 0.241 e. The minimum atomic E-state index is -3.94. The van der Waals surface area contributed by atoms with Crippen molar-refractivity contribution < 1.29 is 23.1 Å². The summed E-state index contributed by atoms with van der Waals surface area (Å²) in [5.74, 6) is -0.159. The predicted octanol–water partition coefficient (Wildman–Crippen LogP) is 1.67. The van der Waals surface area contributed by atoms with Crippen LogP contribution < -0.4 is 15.2 Å². The number of phenolic OH excluding ortho intramolecular Hbond substituents is 1. The molecule has 0 saturated carbocycles. The van der Waals surface area contributed by atoms with E-state index in [0.29, 0.717) is 15.6 Å². The van der Waals surface area contributed by atoms with Crippen LogP contribution in [0, 0.1) is 0 Å². The SMILES string of the molecule is COc1ccc(CNC(=O)Cc2ccc(Br)cc2O)cc1S(N)(=O)=O. The third-order valence-corrected chi connectivity index (χ3v) is 4.85. The fourth-order valence-corrected chi connectivity index (χ4v) is 3.27. The van der Waals surface area contributed by atoms with Gasteiger partial charge < -0.3 is 15.2 Å². The Morgan fingerprint density at radius 1 is 1.28 bits per heavy atom. The Morgan fingerprint density at radius 3 is 2.60 bits per heavy atom. The van der Waals surface area contributed by atoms with Gasteiger partial charge in [0, 0.05) is 16.6 Å². The van der Waals surface area contributed by atoms with Gasteiger partial charge in [0.15, 0.2) is 0 Å². The standard InChI is InChI=1S/C16H17BrN2O5S/c1-24-14-5-2-10(6-15(14)25(18,22)23)9-19-16(21)7-11-3-4-12(17)8-13(11)20/h2-6,8,20H,7,9H2,1H3,(H,19,21)(H2,18,22,23). The zero-order valence-electron chi connectivity index (χ0n) is 13.3. The van der Waals surface area contributed by atoms with Crippen LogP contribution in [0.15, 0.2) is 45.8 Å². The predicted molar refractivity (Wildman–Crippen MR) is 95.7 cm³/mol. The molecule has 0 heterocycles. The molecule has 0 bridgehead atoms. The van der Waals surface area contributed by atoms with Crippen LogP contribution in [0.3, 0.4) is 0 Å². The number of benzene rings is 2. The number of primary sulfonamides is 1. The summed E-state index contributed by atoms with van der Waals surface area (Å²) in [6.45, 7) is 0.114. The van der Waals surface area contributed by atoms with Gasteiger partial charge in [-0.3, -0.25) is 4.79 Å². The molecule has 0 radical (unpaired) electrons. The quantitative estimate of drug-likeness (QED) is 0.646. The van der Waals surface area contributed by atoms with Crippen molar-refractivity contribution in [1.82, 2.24) is 5.32 Å². The Hall–Kier alpha value is -2.10. The van der Waals surface area contributed by atoms with Crippen LogP contribution in [-0.2, 0) is 27.8 Å². The third-order valence-electron chi connectivity index (χ3n) is 3.42. The van der Waals surface area contributed by atoms with E-state index in [-0.39, 0.29) is 35.3 Å². The van der Waals surface area contributed by atoms with E-state index in [0.717, 1.165) is 0 Å². The van der Waals surface area contributed by atoms with Gasteiger partial charge in [-0.15, -0.1) is 0 Å². The monoisotopic (exact) mass is 428 g/mol. The lowest BCUT2D eigenvalue weighted by molar-refractivity contribution is -0.120. The first-order valence-corrected chi connectivity index (χ1v) is 9.48. The van der Waals surface area contributed by atoms with Crippen molar-refractivity contribution >= 4 is 31.9 Å². The molecule has 0 atom stereocenters. The lowest BCUT2D eigenvalue weighted by Gasteiger charge is -2.10. The van der Waals surface area contributed by atoms with Gasteiger partial charge in [0.05, 0.1) is 13.5 Å². The van der Waals surface area contributed by atoms with Crippen molar-refractivity contribution in [3.05, 3.63) is 52.0 Å². The molecule has 0 aromatic heterocycles. The largest absolute Gasteiger partial charge is 0.508 e. The number of amides is 1. The highest BCUT2D eigenvalue weighted by Gasteiger charge is 2.16. The molecule has 2 aromatic rings. The van der Waals surface area contributed by atoms with E-state index in [9.17, 15) is 18.3 Å². The number of nitrogens with one attached hydrogen (secondary N) is 1. The molecule has 0 aliphatic heterocycles. The van der Waals surface area contributed by atoms with E-state index in [1.807, 2.05) is 0 Å². The third kappa shape index (κ3) is 5.18. The summed E-state index contributed by atoms with van der Waals surface area (Å²) in [4.78, 5) is 11.9. The maximum absolute atomic E-state index is 12.0. The second kappa shape index (κ2) is 7.85. The topological polar surface area (TPSA) is 119 Å². The molecule has 2 aromatic carbocycles. The van der Waals surface area contributed by atoms with Crippen LogP contribution in [0.5, 0.6) is 11.5 Å². The van der Waals surface area contributed by atoms with Gasteiger partial charge in [-0.25, -0.2) is 13.6 Å². The molecule has 0 aliphatic carbocycles. The van der Waals surface area contributed by atoms with Gasteiger partial charge in [0.2, 0.25) is 15.9 Å². The van der Waals surface area contributed by atoms with Crippen LogP contribution in [-0.4, -0.2) is 26.5 Å². The van der Waals surface area contributed by atoms with Crippen molar-refractivity contribution in [3.8, 4) is 11.5 Å². The van der Waals surface area contributed by atoms with Crippen LogP contribution >= 0.6 is 15.9 Å². The van der Waals surface area contributed by atoms with Crippen molar-refractivity contribution in [2.24, 2.45) is 5.14 Å². The zero-order chi connectivity index (χ0) is 18.6. The molecule has 4 N–H and O–H groups in total. The molecular formula is C16H17BrN2O5S. The van der Waals surface area contributed by atoms with E-state index in [1.165, 1.54) is 25.3 Å². The Bertz CT molecular complexity index is 899. The van der Waals surface area contributed by atoms with Crippen molar-refractivity contribution in [2.75, 3.05) is 7.11 Å². The molecule has 1 amide bonds. The molecule has 134 valence electrons. The van der Waals surface area contributed by atoms with Crippen LogP contribution in [0.25, 0.3) is 0 Å². The summed E-state index contributed by atoms with van der Waals surface area (Å²) in [6, 6.07) is 9.33. The van der Waals surface area contributed by atoms with Crippen molar-refractivity contribution in [3.63, 3.8) is 0 Å². The minimum Gasteiger partial charge on any atom is -0.508 e. The highest BCUT2D eigenvalue weighted by Crippen LogP contribution is 2.24. The number of carbonyl (C=O) groups is 1. The maximum Gasteiger partial charge on any atom is 0.241 e. The minimum absolute atomic E-state index is 0.00267. The summed E-state index contributed by atoms with van der Waals surface area (Å²) >= 11 is 3.23. The number of halogens is 1. The zero-order valence-corrected chi connectivity index (χ0v) is 15.7. The highest BCUT2D eigenvalue weighted by molar-refractivity contribution is 9.10. The molecule has 25 heavy (non-hydrogen) atoms. The number of hydrogen-bond acceptors (Lipinski definition) is 5. The van der Waals surface area contributed by atoms with E-state index >= 15 is 0 Å². The number of phenols is 1. The first-order chi connectivity index (χ1) is 11.7. The van der Waals surface area contributed by atoms with Crippen molar-refractivity contribution in [1.29, 1.82) is 0 Å². The van der Waals surface area contributed by atoms with Crippen LogP contribution in [0.4, 0.5) is 0 Å². The molecule has 0 spiro atoms. The number of hydrogen-bond donors (Lipinski definition) is 3. The molecule has 7 nitrogen and oxygen atoms in total. The maximum atomic E-state index is 12.0. The number of nitrogens with two attached hydrogens (primary N) is 1. The molecule has 9 heteroatoms. The van der Waals surface area contributed by atoms with E-state index in [1.54, 1.807) is 18.2 Å². The lowest BCUT2D eigenvalue weighted by Crippen LogP contribution is -2.25. The number of sulfonamides is 1.